The molecular formula is C6H15Cl2NO3Si. The topological polar surface area (TPSA) is 30.9 Å². The highest BCUT2D eigenvalue weighted by atomic mass is 35.5. The Labute approximate surface area is 90.2 Å². The Morgan fingerprint density at radius 3 is 1.85 bits per heavy atom. The maximum atomic E-state index is 5.43. The molecule has 0 saturated heterocycles. The minimum absolute atomic E-state index is 0.563. The van der Waals surface area contributed by atoms with Crippen LogP contribution in [0.25, 0.3) is 0 Å². The van der Waals surface area contributed by atoms with E-state index in [0.717, 1.165) is 10.4 Å². The normalized spacial score (nSPS) is 12.5. The lowest BCUT2D eigenvalue weighted by Crippen LogP contribution is -2.42. The van der Waals surface area contributed by atoms with Crippen molar-refractivity contribution < 1.29 is 13.3 Å². The lowest BCUT2D eigenvalue weighted by Gasteiger charge is -2.24. The first-order valence-corrected chi connectivity index (χ1v) is 6.45. The van der Waals surface area contributed by atoms with Crippen LogP contribution in [-0.2, 0) is 13.3 Å². The standard InChI is InChI=1S/C6H15Cl2NO3Si/c1-10-13(11-2,12-3)6-4-5-9(7)8/h4-6H2,1-3H3. The molecule has 13 heavy (non-hydrogen) atoms. The van der Waals surface area contributed by atoms with Gasteiger partial charge in [-0.3, -0.25) is 0 Å². The largest absolute Gasteiger partial charge is 0.500 e. The van der Waals surface area contributed by atoms with Crippen LogP contribution >= 0.6 is 23.6 Å². The third-order valence-electron chi connectivity index (χ3n) is 1.74. The average Bonchev–Trinajstić information content (AvgIpc) is 2.13. The molecule has 0 atom stereocenters. The molecule has 0 fully saturated rings. The SMILES string of the molecule is CO[Si](CCCN(Cl)Cl)(OC)OC. The summed E-state index contributed by atoms with van der Waals surface area (Å²) in [6.07, 6.45) is 0.773. The highest BCUT2D eigenvalue weighted by molar-refractivity contribution is 6.60. The lowest BCUT2D eigenvalue weighted by atomic mass is 10.5. The van der Waals surface area contributed by atoms with Crippen LogP contribution in [0.3, 0.4) is 0 Å². The molecule has 0 amide bonds. The highest BCUT2D eigenvalue weighted by Crippen LogP contribution is 2.16. The molecule has 7 heteroatoms. The lowest BCUT2D eigenvalue weighted by molar-refractivity contribution is 0.123. The number of rotatable bonds is 7. The molecule has 0 saturated carbocycles. The summed E-state index contributed by atoms with van der Waals surface area (Å²) in [6, 6.07) is 0.701. The second-order valence-corrected chi connectivity index (χ2v) is 6.51. The molecular weight excluding hydrogens is 233 g/mol. The van der Waals surface area contributed by atoms with Crippen LogP contribution in [0.15, 0.2) is 0 Å². The summed E-state index contributed by atoms with van der Waals surface area (Å²) >= 11 is 10.9. The third kappa shape index (κ3) is 5.17. The average molecular weight is 248 g/mol. The molecule has 4 nitrogen and oxygen atoms in total. The van der Waals surface area contributed by atoms with Crippen LogP contribution in [0.4, 0.5) is 0 Å². The van der Waals surface area contributed by atoms with E-state index in [4.69, 9.17) is 36.8 Å². The zero-order chi connectivity index (χ0) is 10.3. The molecule has 0 spiro atoms. The van der Waals surface area contributed by atoms with E-state index in [1.807, 2.05) is 0 Å². The van der Waals surface area contributed by atoms with Gasteiger partial charge in [-0.15, -0.1) is 3.94 Å². The Morgan fingerprint density at radius 2 is 1.54 bits per heavy atom. The molecule has 0 N–H and O–H groups in total. The zero-order valence-corrected chi connectivity index (χ0v) is 10.6. The Balaban J connectivity index is 3.81. The van der Waals surface area contributed by atoms with Crippen molar-refractivity contribution in [3.05, 3.63) is 0 Å². The summed E-state index contributed by atoms with van der Waals surface area (Å²) in [7, 11) is 2.32. The molecule has 80 valence electrons. The molecule has 0 radical (unpaired) electrons. The van der Waals surface area contributed by atoms with E-state index in [2.05, 4.69) is 0 Å². The quantitative estimate of drug-likeness (QED) is 0.508. The van der Waals surface area contributed by atoms with E-state index in [0.29, 0.717) is 12.6 Å². The first-order valence-electron chi connectivity index (χ1n) is 3.84. The van der Waals surface area contributed by atoms with Crippen LogP contribution in [0.1, 0.15) is 6.42 Å². The van der Waals surface area contributed by atoms with Crippen molar-refractivity contribution in [2.75, 3.05) is 27.9 Å². The molecule has 0 rings (SSSR count). The Hall–Kier alpha value is 0.637. The Bertz CT molecular complexity index is 127. The smallest absolute Gasteiger partial charge is 0.377 e. The second-order valence-electron chi connectivity index (χ2n) is 2.43. The van der Waals surface area contributed by atoms with Gasteiger partial charge in [0.15, 0.2) is 0 Å². The molecule has 0 bridgehead atoms. The summed E-state index contributed by atoms with van der Waals surface area (Å²) in [6.45, 7) is 0.563. The summed E-state index contributed by atoms with van der Waals surface area (Å²) in [5, 5.41) is 0. The van der Waals surface area contributed by atoms with Gasteiger partial charge in [-0.2, -0.15) is 0 Å². The van der Waals surface area contributed by atoms with E-state index in [1.54, 1.807) is 21.3 Å². The van der Waals surface area contributed by atoms with E-state index in [1.165, 1.54) is 0 Å². The van der Waals surface area contributed by atoms with E-state index >= 15 is 0 Å². The van der Waals surface area contributed by atoms with Gasteiger partial charge < -0.3 is 13.3 Å². The van der Waals surface area contributed by atoms with E-state index in [-0.39, 0.29) is 0 Å². The van der Waals surface area contributed by atoms with E-state index in [9.17, 15) is 0 Å². The van der Waals surface area contributed by atoms with E-state index < -0.39 is 8.80 Å². The van der Waals surface area contributed by atoms with Gasteiger partial charge in [-0.25, -0.2) is 0 Å². The van der Waals surface area contributed by atoms with Crippen molar-refractivity contribution in [3.8, 4) is 0 Å². The van der Waals surface area contributed by atoms with Crippen molar-refractivity contribution >= 4 is 32.4 Å². The van der Waals surface area contributed by atoms with Crippen LogP contribution in [0, 0.1) is 0 Å². The maximum absolute atomic E-state index is 5.43. The number of nitrogens with zero attached hydrogens (tertiary/aromatic N) is 1. The Kier molecular flexibility index (Phi) is 7.34. The van der Waals surface area contributed by atoms with Crippen molar-refractivity contribution in [3.63, 3.8) is 0 Å². The van der Waals surface area contributed by atoms with Gasteiger partial charge in [-0.05, 0) is 30.0 Å². The summed E-state index contributed by atoms with van der Waals surface area (Å²) in [5.74, 6) is 0. The second kappa shape index (κ2) is 7.00. The van der Waals surface area contributed by atoms with Gasteiger partial charge in [0, 0.05) is 33.9 Å². The molecule has 0 aromatic carbocycles. The number of hydrogen-bond acceptors (Lipinski definition) is 4. The Morgan fingerprint density at radius 1 is 1.08 bits per heavy atom. The first kappa shape index (κ1) is 13.6. The van der Waals surface area contributed by atoms with Gasteiger partial charge in [0.2, 0.25) is 0 Å². The van der Waals surface area contributed by atoms with Gasteiger partial charge in [0.1, 0.15) is 0 Å². The molecule has 0 aromatic rings. The summed E-state index contributed by atoms with van der Waals surface area (Å²) in [4.78, 5) is 0. The molecule has 0 heterocycles. The predicted molar refractivity (Wildman–Crippen MR) is 54.6 cm³/mol. The van der Waals surface area contributed by atoms with Crippen molar-refractivity contribution in [2.45, 2.75) is 12.5 Å². The molecule has 0 aliphatic carbocycles. The fourth-order valence-corrected chi connectivity index (χ4v) is 2.91. The molecule has 0 aromatic heterocycles. The van der Waals surface area contributed by atoms with Crippen LogP contribution < -0.4 is 0 Å². The third-order valence-corrected chi connectivity index (χ3v) is 4.91. The highest BCUT2D eigenvalue weighted by Gasteiger charge is 2.36. The number of hydrogen-bond donors (Lipinski definition) is 0. The van der Waals surface area contributed by atoms with Gasteiger partial charge in [-0.1, -0.05) is 0 Å². The first-order chi connectivity index (χ1) is 6.10. The zero-order valence-electron chi connectivity index (χ0n) is 8.05. The summed E-state index contributed by atoms with van der Waals surface area (Å²) < 4.78 is 16.7. The molecule has 0 unspecified atom stereocenters. The van der Waals surface area contributed by atoms with Gasteiger partial charge in [0.05, 0.1) is 0 Å². The predicted octanol–water partition coefficient (Wildman–Crippen LogP) is 1.86. The monoisotopic (exact) mass is 247 g/mol. The van der Waals surface area contributed by atoms with Crippen molar-refractivity contribution in [1.82, 2.24) is 3.94 Å². The van der Waals surface area contributed by atoms with Crippen LogP contribution in [0.5, 0.6) is 0 Å². The number of halogens is 2. The maximum Gasteiger partial charge on any atom is 0.500 e. The van der Waals surface area contributed by atoms with Crippen molar-refractivity contribution in [2.24, 2.45) is 0 Å². The van der Waals surface area contributed by atoms with Crippen LogP contribution in [0.2, 0.25) is 6.04 Å². The van der Waals surface area contributed by atoms with Crippen molar-refractivity contribution in [1.29, 1.82) is 0 Å². The molecule has 0 aliphatic rings. The fourth-order valence-electron chi connectivity index (χ4n) is 0.971. The fraction of sp³-hybridized carbons (Fsp3) is 1.00. The van der Waals surface area contributed by atoms with Gasteiger partial charge >= 0.3 is 8.80 Å². The minimum Gasteiger partial charge on any atom is -0.377 e. The summed E-state index contributed by atoms with van der Waals surface area (Å²) in [5.41, 5.74) is 0. The molecule has 0 aliphatic heterocycles. The van der Waals surface area contributed by atoms with Gasteiger partial charge in [0.25, 0.3) is 0 Å². The minimum atomic E-state index is -2.43. The van der Waals surface area contributed by atoms with Crippen LogP contribution in [-0.4, -0.2) is 40.6 Å².